The molecule has 0 spiro atoms. The summed E-state index contributed by atoms with van der Waals surface area (Å²) in [7, 11) is 0. The lowest BCUT2D eigenvalue weighted by atomic mass is 10.4. The van der Waals surface area contributed by atoms with Gasteiger partial charge in [-0.1, -0.05) is 5.92 Å². The average molecular weight is 151 g/mol. The van der Waals surface area contributed by atoms with Crippen LogP contribution in [0.5, 0.6) is 0 Å². The lowest BCUT2D eigenvalue weighted by molar-refractivity contribution is 0.718. The Labute approximate surface area is 67.3 Å². The summed E-state index contributed by atoms with van der Waals surface area (Å²) in [6.07, 6.45) is 0. The van der Waals surface area contributed by atoms with Crippen LogP contribution in [0.1, 0.15) is 13.8 Å². The molecule has 0 aromatic rings. The number of nitrogens with zero attached hydrogens (tertiary/aromatic N) is 1. The van der Waals surface area contributed by atoms with E-state index in [1.54, 1.807) is 0 Å². The first kappa shape index (κ1) is 7.93. The molecule has 3 heteroatoms. The van der Waals surface area contributed by atoms with Crippen molar-refractivity contribution in [3.63, 3.8) is 0 Å². The van der Waals surface area contributed by atoms with E-state index in [0.29, 0.717) is 12.6 Å². The summed E-state index contributed by atoms with van der Waals surface area (Å²) >= 11 is 0. The van der Waals surface area contributed by atoms with Crippen LogP contribution in [0.25, 0.3) is 0 Å². The predicted molar refractivity (Wildman–Crippen MR) is 46.4 cm³/mol. The van der Waals surface area contributed by atoms with E-state index < -0.39 is 0 Å². The summed E-state index contributed by atoms with van der Waals surface area (Å²) in [5.41, 5.74) is 0. The van der Waals surface area contributed by atoms with Crippen LogP contribution in [0.15, 0.2) is 4.99 Å². The van der Waals surface area contributed by atoms with Gasteiger partial charge in [-0.25, -0.2) is 0 Å². The van der Waals surface area contributed by atoms with Crippen molar-refractivity contribution >= 4 is 5.96 Å². The number of guanidine groups is 1. The molecule has 1 aliphatic heterocycles. The molecule has 0 amide bonds. The second kappa shape index (κ2) is 3.87. The summed E-state index contributed by atoms with van der Waals surface area (Å²) in [6.45, 7) is 5.47. The van der Waals surface area contributed by atoms with Crippen molar-refractivity contribution in [3.8, 4) is 11.8 Å². The molecule has 0 bridgehead atoms. The van der Waals surface area contributed by atoms with Gasteiger partial charge in [0.25, 0.3) is 0 Å². The molecule has 0 radical (unpaired) electrons. The van der Waals surface area contributed by atoms with Crippen molar-refractivity contribution in [1.29, 1.82) is 0 Å². The average Bonchev–Trinajstić information content (AvgIpc) is 2.37. The third-order valence-electron chi connectivity index (χ3n) is 1.43. The molecule has 0 saturated carbocycles. The van der Waals surface area contributed by atoms with Crippen molar-refractivity contribution < 1.29 is 0 Å². The van der Waals surface area contributed by atoms with Crippen LogP contribution in [0, 0.1) is 11.8 Å². The monoisotopic (exact) mass is 151 g/mol. The highest BCUT2D eigenvalue weighted by atomic mass is 15.2. The number of nitrogens with one attached hydrogen (secondary N) is 2. The van der Waals surface area contributed by atoms with E-state index in [-0.39, 0.29) is 0 Å². The second-order valence-corrected chi connectivity index (χ2v) is 2.52. The van der Waals surface area contributed by atoms with Gasteiger partial charge in [0, 0.05) is 6.04 Å². The van der Waals surface area contributed by atoms with E-state index >= 15 is 0 Å². The molecular weight excluding hydrogens is 138 g/mol. The molecule has 0 aliphatic carbocycles. The first-order valence-electron chi connectivity index (χ1n) is 3.77. The summed E-state index contributed by atoms with van der Waals surface area (Å²) in [5, 5.41) is 6.26. The smallest absolute Gasteiger partial charge is 0.192 e. The standard InChI is InChI=1S/C8H13N3/c1-3-4-5-9-8-10-6-7(2)11-8/h7H,5-6H2,1-2H3,(H2,9,10,11). The highest BCUT2D eigenvalue weighted by molar-refractivity contribution is 5.81. The van der Waals surface area contributed by atoms with Crippen molar-refractivity contribution in [2.75, 3.05) is 13.1 Å². The molecule has 2 N–H and O–H groups in total. The minimum atomic E-state index is 0.465. The Balaban J connectivity index is 2.21. The van der Waals surface area contributed by atoms with Crippen LogP contribution in [0.3, 0.4) is 0 Å². The molecule has 1 rings (SSSR count). The Hall–Kier alpha value is -1.17. The van der Waals surface area contributed by atoms with Gasteiger partial charge in [-0.05, 0) is 13.8 Å². The van der Waals surface area contributed by atoms with E-state index in [4.69, 9.17) is 0 Å². The Morgan fingerprint density at radius 1 is 1.82 bits per heavy atom. The van der Waals surface area contributed by atoms with Crippen molar-refractivity contribution in [2.24, 2.45) is 4.99 Å². The quantitative estimate of drug-likeness (QED) is 0.515. The van der Waals surface area contributed by atoms with Crippen LogP contribution < -0.4 is 10.6 Å². The lowest BCUT2D eigenvalue weighted by Crippen LogP contribution is -2.37. The van der Waals surface area contributed by atoms with Crippen LogP contribution in [0.4, 0.5) is 0 Å². The fraction of sp³-hybridized carbons (Fsp3) is 0.625. The number of hydrogen-bond acceptors (Lipinski definition) is 3. The fourth-order valence-corrected chi connectivity index (χ4v) is 0.876. The van der Waals surface area contributed by atoms with Crippen molar-refractivity contribution in [1.82, 2.24) is 10.6 Å². The molecular formula is C8H13N3. The fourth-order valence-electron chi connectivity index (χ4n) is 0.876. The van der Waals surface area contributed by atoms with Crippen LogP contribution in [-0.4, -0.2) is 25.1 Å². The van der Waals surface area contributed by atoms with Crippen LogP contribution in [0.2, 0.25) is 0 Å². The van der Waals surface area contributed by atoms with Gasteiger partial charge in [-0.15, -0.1) is 5.92 Å². The highest BCUT2D eigenvalue weighted by Gasteiger charge is 2.10. The summed E-state index contributed by atoms with van der Waals surface area (Å²) in [5.74, 6) is 6.59. The molecule has 1 aliphatic rings. The molecule has 0 aromatic heterocycles. The Morgan fingerprint density at radius 3 is 3.18 bits per heavy atom. The molecule has 60 valence electrons. The Bertz CT molecular complexity index is 209. The van der Waals surface area contributed by atoms with E-state index in [9.17, 15) is 0 Å². The highest BCUT2D eigenvalue weighted by Crippen LogP contribution is 1.90. The third-order valence-corrected chi connectivity index (χ3v) is 1.43. The maximum atomic E-state index is 4.22. The largest absolute Gasteiger partial charge is 0.352 e. The number of aliphatic imine (C=N–C) groups is 1. The minimum Gasteiger partial charge on any atom is -0.352 e. The number of hydrogen-bond donors (Lipinski definition) is 2. The molecule has 0 saturated heterocycles. The molecule has 0 fully saturated rings. The zero-order valence-electron chi connectivity index (χ0n) is 6.94. The van der Waals surface area contributed by atoms with Crippen molar-refractivity contribution in [2.45, 2.75) is 19.9 Å². The van der Waals surface area contributed by atoms with Gasteiger partial charge in [-0.2, -0.15) is 0 Å². The normalized spacial score (nSPS) is 21.3. The zero-order valence-corrected chi connectivity index (χ0v) is 6.94. The third kappa shape index (κ3) is 2.50. The van der Waals surface area contributed by atoms with Gasteiger partial charge in [0.2, 0.25) is 0 Å². The zero-order chi connectivity index (χ0) is 8.10. The topological polar surface area (TPSA) is 36.4 Å². The summed E-state index contributed by atoms with van der Waals surface area (Å²) in [4.78, 5) is 4.22. The molecule has 3 nitrogen and oxygen atoms in total. The Morgan fingerprint density at radius 2 is 2.64 bits per heavy atom. The van der Waals surface area contributed by atoms with E-state index in [1.165, 1.54) is 0 Å². The first-order valence-corrected chi connectivity index (χ1v) is 3.77. The number of rotatable bonds is 1. The maximum Gasteiger partial charge on any atom is 0.192 e. The maximum absolute atomic E-state index is 4.22. The van der Waals surface area contributed by atoms with Gasteiger partial charge in [0.15, 0.2) is 5.96 Å². The van der Waals surface area contributed by atoms with Gasteiger partial charge in [0.05, 0.1) is 13.1 Å². The van der Waals surface area contributed by atoms with Crippen molar-refractivity contribution in [3.05, 3.63) is 0 Å². The molecule has 1 heterocycles. The SMILES string of the molecule is CC#CCNC1=NCC(C)N1. The summed E-state index contributed by atoms with van der Waals surface area (Å²) < 4.78 is 0. The van der Waals surface area contributed by atoms with E-state index in [2.05, 4.69) is 34.4 Å². The van der Waals surface area contributed by atoms with Crippen LogP contribution >= 0.6 is 0 Å². The van der Waals surface area contributed by atoms with E-state index in [1.807, 2.05) is 6.92 Å². The Kier molecular flexibility index (Phi) is 2.79. The first-order chi connectivity index (χ1) is 5.33. The predicted octanol–water partition coefficient (Wildman–Crippen LogP) is -0.0530. The lowest BCUT2D eigenvalue weighted by Gasteiger charge is -2.04. The second-order valence-electron chi connectivity index (χ2n) is 2.52. The molecule has 0 aromatic carbocycles. The van der Waals surface area contributed by atoms with Gasteiger partial charge >= 0.3 is 0 Å². The molecule has 1 atom stereocenters. The van der Waals surface area contributed by atoms with Gasteiger partial charge in [-0.3, -0.25) is 4.99 Å². The minimum absolute atomic E-state index is 0.465. The summed E-state index contributed by atoms with van der Waals surface area (Å²) in [6, 6.07) is 0.465. The van der Waals surface area contributed by atoms with Crippen LogP contribution in [-0.2, 0) is 0 Å². The van der Waals surface area contributed by atoms with Gasteiger partial charge in [0.1, 0.15) is 0 Å². The van der Waals surface area contributed by atoms with E-state index in [0.717, 1.165) is 12.5 Å². The molecule has 1 unspecified atom stereocenters. The molecule has 11 heavy (non-hydrogen) atoms. The van der Waals surface area contributed by atoms with Gasteiger partial charge < -0.3 is 10.6 Å².